The van der Waals surface area contributed by atoms with Crippen LogP contribution in [0, 0.1) is 28.6 Å². The molecule has 0 spiro atoms. The molecule has 3 saturated carbocycles. The van der Waals surface area contributed by atoms with Crippen LogP contribution < -0.4 is 0 Å². The molecular weight excluding hydrogens is 518 g/mol. The predicted octanol–water partition coefficient (Wildman–Crippen LogP) is 3.82. The number of esters is 2. The largest absolute Gasteiger partial charge is 0.465 e. The molecule has 0 aromatic rings. The number of cyclic esters (lactones) is 1. The van der Waals surface area contributed by atoms with Gasteiger partial charge < -0.3 is 14.6 Å². The van der Waals surface area contributed by atoms with Crippen molar-refractivity contribution in [1.29, 1.82) is 0 Å². The Balaban J connectivity index is 1.57. The number of alkyl halides is 2. The van der Waals surface area contributed by atoms with Gasteiger partial charge in [0.15, 0.2) is 11.4 Å². The van der Waals surface area contributed by atoms with E-state index in [9.17, 15) is 24.3 Å². The Labute approximate surface area is 224 Å². The third kappa shape index (κ3) is 3.61. The van der Waals surface area contributed by atoms with Gasteiger partial charge in [0.05, 0.1) is 19.6 Å². The number of hydrogen-bond donors (Lipinski definition) is 1. The van der Waals surface area contributed by atoms with Crippen molar-refractivity contribution in [3.8, 4) is 0 Å². The number of carbonyl (C=O) groups excluding carboxylic acids is 4. The van der Waals surface area contributed by atoms with Crippen molar-refractivity contribution in [2.45, 2.75) is 82.0 Å². The minimum Gasteiger partial charge on any atom is -0.465 e. The second-order valence-corrected chi connectivity index (χ2v) is 13.1. The quantitative estimate of drug-likeness (QED) is 0.513. The third-order valence-electron chi connectivity index (χ3n) is 10.2. The Morgan fingerprint density at radius 2 is 1.95 bits per heavy atom. The van der Waals surface area contributed by atoms with Gasteiger partial charge in [0.25, 0.3) is 0 Å². The maximum Gasteiger partial charge on any atom is 0.319 e. The average Bonchev–Trinajstić information content (AvgIpc) is 3.35. The van der Waals surface area contributed by atoms with Crippen LogP contribution in [-0.2, 0) is 28.7 Å². The van der Waals surface area contributed by atoms with Crippen molar-refractivity contribution in [1.82, 2.24) is 0 Å². The van der Waals surface area contributed by atoms with Gasteiger partial charge in [-0.05, 0) is 56.3 Å². The van der Waals surface area contributed by atoms with E-state index in [4.69, 9.17) is 9.47 Å². The fraction of sp³-hybridized carbons (Fsp3) is 0.714. The fourth-order valence-corrected chi connectivity index (χ4v) is 9.51. The smallest absolute Gasteiger partial charge is 0.319 e. The van der Waals surface area contributed by atoms with Crippen molar-refractivity contribution in [2.24, 2.45) is 28.6 Å². The Morgan fingerprint density at radius 1 is 1.21 bits per heavy atom. The number of ketones is 1. The number of halogens is 2. The molecule has 4 aliphatic carbocycles. The number of rotatable bonds is 5. The van der Waals surface area contributed by atoms with E-state index < -0.39 is 74.9 Å². The fourth-order valence-electron chi connectivity index (χ4n) is 8.22. The maximum atomic E-state index is 17.3. The highest BCUT2D eigenvalue weighted by Gasteiger charge is 2.76. The van der Waals surface area contributed by atoms with Crippen molar-refractivity contribution < 1.29 is 42.5 Å². The first-order valence-electron chi connectivity index (χ1n) is 13.3. The lowest BCUT2D eigenvalue weighted by Crippen LogP contribution is -2.65. The van der Waals surface area contributed by atoms with Crippen LogP contribution in [0.15, 0.2) is 23.8 Å². The molecule has 0 bridgehead atoms. The van der Waals surface area contributed by atoms with Crippen LogP contribution in [0.4, 0.5) is 8.78 Å². The van der Waals surface area contributed by atoms with Crippen LogP contribution in [0.5, 0.6) is 0 Å². The lowest BCUT2D eigenvalue weighted by molar-refractivity contribution is -0.200. The summed E-state index contributed by atoms with van der Waals surface area (Å²) in [6.07, 6.45) is 2.88. The molecule has 5 rings (SSSR count). The minimum atomic E-state index is -1.86. The summed E-state index contributed by atoms with van der Waals surface area (Å²) in [7, 11) is 0. The Hall–Kier alpha value is -2.07. The molecule has 1 aliphatic heterocycles. The zero-order valence-electron chi connectivity index (χ0n) is 21.8. The van der Waals surface area contributed by atoms with Crippen LogP contribution in [0.25, 0.3) is 0 Å². The van der Waals surface area contributed by atoms with Gasteiger partial charge >= 0.3 is 11.9 Å². The molecular formula is C28H34F2O7S. The summed E-state index contributed by atoms with van der Waals surface area (Å²) >= 11 is 0.797. The zero-order chi connectivity index (χ0) is 27.7. The average molecular weight is 553 g/mol. The SMILES string of the molecule is CC1C[C@H]2[C@@H]3C[C@H](F)C4=CC(=O)C=C[C@]4(C)[C@@]3(F)CC[C@]2(C)[C@@]1(OC(=O)CCO)C(=O)S[C@H]1CCOC1=O. The number of fused-ring (bicyclic) bond motifs is 5. The molecule has 0 amide bonds. The summed E-state index contributed by atoms with van der Waals surface area (Å²) < 4.78 is 44.0. The Morgan fingerprint density at radius 3 is 2.61 bits per heavy atom. The topological polar surface area (TPSA) is 107 Å². The molecule has 208 valence electrons. The van der Waals surface area contributed by atoms with Gasteiger partial charge in [0.2, 0.25) is 5.12 Å². The van der Waals surface area contributed by atoms with E-state index in [2.05, 4.69) is 0 Å². The summed E-state index contributed by atoms with van der Waals surface area (Å²) in [4.78, 5) is 51.2. The van der Waals surface area contributed by atoms with Crippen molar-refractivity contribution >= 4 is 34.6 Å². The van der Waals surface area contributed by atoms with E-state index in [0.717, 1.165) is 11.8 Å². The zero-order valence-corrected chi connectivity index (χ0v) is 22.7. The molecule has 0 radical (unpaired) electrons. The number of aliphatic hydroxyl groups excluding tert-OH is 1. The first-order valence-corrected chi connectivity index (χ1v) is 14.2. The van der Waals surface area contributed by atoms with Crippen LogP contribution in [-0.4, -0.2) is 63.8 Å². The van der Waals surface area contributed by atoms with Crippen molar-refractivity contribution in [3.63, 3.8) is 0 Å². The first kappa shape index (κ1) is 27.5. The minimum absolute atomic E-state index is 0.0147. The molecule has 0 aromatic heterocycles. The van der Waals surface area contributed by atoms with Gasteiger partial charge in [0.1, 0.15) is 17.1 Å². The number of aliphatic hydroxyl groups is 1. The maximum absolute atomic E-state index is 17.3. The number of ether oxygens (including phenoxy) is 2. The highest BCUT2D eigenvalue weighted by molar-refractivity contribution is 8.14. The van der Waals surface area contributed by atoms with E-state index in [1.165, 1.54) is 18.2 Å². The number of hydrogen-bond acceptors (Lipinski definition) is 8. The number of carbonyl (C=O) groups is 4. The first-order chi connectivity index (χ1) is 17.8. The number of thioether (sulfide) groups is 1. The molecule has 5 aliphatic rings. The van der Waals surface area contributed by atoms with Crippen molar-refractivity contribution in [2.75, 3.05) is 13.2 Å². The molecule has 1 N–H and O–H groups in total. The van der Waals surface area contributed by atoms with Gasteiger partial charge in [-0.1, -0.05) is 31.7 Å². The molecule has 0 aromatic carbocycles. The summed E-state index contributed by atoms with van der Waals surface area (Å²) in [5, 5.41) is 8.14. The van der Waals surface area contributed by atoms with E-state index in [-0.39, 0.29) is 43.6 Å². The van der Waals surface area contributed by atoms with Crippen LogP contribution in [0.2, 0.25) is 0 Å². The molecule has 1 unspecified atom stereocenters. The predicted molar refractivity (Wildman–Crippen MR) is 134 cm³/mol. The Bertz CT molecular complexity index is 1140. The van der Waals surface area contributed by atoms with E-state index >= 15 is 8.78 Å². The van der Waals surface area contributed by atoms with Crippen molar-refractivity contribution in [3.05, 3.63) is 23.8 Å². The summed E-state index contributed by atoms with van der Waals surface area (Å²) in [5.74, 6) is -3.43. The summed E-state index contributed by atoms with van der Waals surface area (Å²) in [6.45, 7) is 4.98. The van der Waals surface area contributed by atoms with Crippen LogP contribution in [0.1, 0.15) is 59.3 Å². The summed E-state index contributed by atoms with van der Waals surface area (Å²) in [5.41, 5.74) is -5.72. The second-order valence-electron chi connectivity index (χ2n) is 11.9. The van der Waals surface area contributed by atoms with Gasteiger partial charge in [-0.3, -0.25) is 19.2 Å². The highest BCUT2D eigenvalue weighted by Crippen LogP contribution is 2.72. The monoisotopic (exact) mass is 552 g/mol. The second kappa shape index (κ2) is 9.25. The van der Waals surface area contributed by atoms with Gasteiger partial charge in [-0.2, -0.15) is 0 Å². The van der Waals surface area contributed by atoms with Gasteiger partial charge in [-0.15, -0.1) is 0 Å². The van der Waals surface area contributed by atoms with E-state index in [1.807, 2.05) is 6.92 Å². The number of allylic oxidation sites excluding steroid dienone is 4. The Kier molecular flexibility index (Phi) is 6.69. The lowest BCUT2D eigenvalue weighted by Gasteiger charge is -2.61. The van der Waals surface area contributed by atoms with Gasteiger partial charge in [-0.25, -0.2) is 8.78 Å². The van der Waals surface area contributed by atoms with E-state index in [0.29, 0.717) is 12.8 Å². The molecule has 7 nitrogen and oxygen atoms in total. The third-order valence-corrected chi connectivity index (χ3v) is 11.5. The summed E-state index contributed by atoms with van der Waals surface area (Å²) in [6, 6.07) is 0. The normalized spacial score (nSPS) is 45.5. The standard InChI is InChI=1S/C28H34F2O7S/c1-15-12-17-18-14-20(29)19-13-16(32)4-7-25(19,2)27(18,30)9-8-26(17,3)28(15,37-22(33)5-10-31)24(35)38-21-6-11-36-23(21)34/h4,7,13,15,17-18,20-21,31H,5-6,8-12,14H2,1-3H3/t15?,17-,18-,20-,21-,25-,26-,27+,28-/m0/s1. The highest BCUT2D eigenvalue weighted by atomic mass is 32.2. The van der Waals surface area contributed by atoms with Crippen LogP contribution >= 0.6 is 11.8 Å². The van der Waals surface area contributed by atoms with Crippen LogP contribution in [0.3, 0.4) is 0 Å². The molecule has 1 heterocycles. The lowest BCUT2D eigenvalue weighted by atomic mass is 9.45. The van der Waals surface area contributed by atoms with E-state index in [1.54, 1.807) is 13.8 Å². The van der Waals surface area contributed by atoms with Gasteiger partial charge in [0, 0.05) is 29.1 Å². The molecule has 9 atom stereocenters. The molecule has 38 heavy (non-hydrogen) atoms. The molecule has 10 heteroatoms. The molecule has 4 fully saturated rings. The molecule has 1 saturated heterocycles.